The summed E-state index contributed by atoms with van der Waals surface area (Å²) in [4.78, 5) is 16.7. The summed E-state index contributed by atoms with van der Waals surface area (Å²) >= 11 is 0. The Hall–Kier alpha value is -2.90. The Morgan fingerprint density at radius 3 is 2.48 bits per heavy atom. The minimum atomic E-state index is -0.548. The maximum absolute atomic E-state index is 12.5. The van der Waals surface area contributed by atoms with Crippen LogP contribution in [-0.4, -0.2) is 23.5 Å². The molecule has 0 aliphatic carbocycles. The summed E-state index contributed by atoms with van der Waals surface area (Å²) in [6.07, 6.45) is 0. The molecular formula is C20H29N5O2. The van der Waals surface area contributed by atoms with Gasteiger partial charge in [0.05, 0.1) is 17.9 Å². The van der Waals surface area contributed by atoms with Crippen molar-refractivity contribution in [3.05, 3.63) is 59.3 Å². The minimum absolute atomic E-state index is 0. The van der Waals surface area contributed by atoms with Crippen molar-refractivity contribution in [2.24, 2.45) is 16.6 Å². The molecule has 0 saturated heterocycles. The second-order valence-electron chi connectivity index (χ2n) is 5.57. The fourth-order valence-electron chi connectivity index (χ4n) is 3.02. The molecule has 7 N–H and O–H groups in total. The lowest BCUT2D eigenvalue weighted by Crippen LogP contribution is -2.49. The van der Waals surface area contributed by atoms with Crippen molar-refractivity contribution in [2.75, 3.05) is 6.61 Å². The topological polar surface area (TPSA) is 129 Å². The van der Waals surface area contributed by atoms with Crippen LogP contribution in [0.2, 0.25) is 0 Å². The van der Waals surface area contributed by atoms with E-state index in [1.54, 1.807) is 13.8 Å². The molecule has 3 rings (SSSR count). The molecule has 0 amide bonds. The highest BCUT2D eigenvalue weighted by atomic mass is 16.5. The number of rotatable bonds is 3. The van der Waals surface area contributed by atoms with Crippen LogP contribution in [0.1, 0.15) is 39.3 Å². The Morgan fingerprint density at radius 1 is 1.19 bits per heavy atom. The summed E-state index contributed by atoms with van der Waals surface area (Å²) in [6, 6.07) is 13.3. The Morgan fingerprint density at radius 2 is 1.81 bits per heavy atom. The first-order valence-electron chi connectivity index (χ1n) is 8.78. The standard InChI is InChI=1S/C18H20N4O2.C2H6.H3N/c1-3-24-17(23)15-11(2)21-18(19)22(20)16(15)14-10-6-8-12-7-4-5-9-13(12)14;1-2;/h4-10,16H,3,20H2,1-2H3,(H2,19,21);1-2H3;1H3. The second kappa shape index (κ2) is 9.70. The third kappa shape index (κ3) is 4.27. The highest BCUT2D eigenvalue weighted by Gasteiger charge is 2.35. The van der Waals surface area contributed by atoms with Crippen molar-refractivity contribution in [3.63, 3.8) is 0 Å². The molecule has 1 heterocycles. The van der Waals surface area contributed by atoms with E-state index < -0.39 is 12.0 Å². The predicted octanol–water partition coefficient (Wildman–Crippen LogP) is 3.41. The number of aliphatic imine (C=N–C) groups is 1. The van der Waals surface area contributed by atoms with Crippen molar-refractivity contribution in [2.45, 2.75) is 33.7 Å². The molecule has 0 radical (unpaired) electrons. The van der Waals surface area contributed by atoms with Crippen molar-refractivity contribution < 1.29 is 9.53 Å². The van der Waals surface area contributed by atoms with Crippen LogP contribution in [0.25, 0.3) is 10.8 Å². The molecular weight excluding hydrogens is 342 g/mol. The number of carbonyl (C=O) groups excluding carboxylic acids is 1. The lowest BCUT2D eigenvalue weighted by Gasteiger charge is -2.34. The van der Waals surface area contributed by atoms with Gasteiger partial charge in [-0.2, -0.15) is 0 Å². The van der Waals surface area contributed by atoms with E-state index in [0.717, 1.165) is 16.3 Å². The summed E-state index contributed by atoms with van der Waals surface area (Å²) in [5.41, 5.74) is 7.75. The zero-order valence-electron chi connectivity index (χ0n) is 16.4. The van der Waals surface area contributed by atoms with Crippen LogP contribution in [0, 0.1) is 0 Å². The molecule has 7 nitrogen and oxygen atoms in total. The van der Waals surface area contributed by atoms with E-state index in [1.165, 1.54) is 5.01 Å². The van der Waals surface area contributed by atoms with Gasteiger partial charge in [0, 0.05) is 0 Å². The van der Waals surface area contributed by atoms with E-state index in [4.69, 9.17) is 16.3 Å². The van der Waals surface area contributed by atoms with Crippen LogP contribution < -0.4 is 17.7 Å². The van der Waals surface area contributed by atoms with Gasteiger partial charge in [-0.3, -0.25) is 5.01 Å². The van der Waals surface area contributed by atoms with Crippen molar-refractivity contribution in [1.82, 2.24) is 11.2 Å². The largest absolute Gasteiger partial charge is 0.463 e. The van der Waals surface area contributed by atoms with E-state index in [0.29, 0.717) is 11.3 Å². The number of carbonyl (C=O) groups is 1. The van der Waals surface area contributed by atoms with Crippen LogP contribution >= 0.6 is 0 Å². The Bertz CT molecular complexity index is 855. The number of guanidine groups is 1. The lowest BCUT2D eigenvalue weighted by atomic mass is 9.91. The molecule has 0 saturated carbocycles. The molecule has 1 aliphatic rings. The molecule has 27 heavy (non-hydrogen) atoms. The second-order valence-corrected chi connectivity index (χ2v) is 5.57. The van der Waals surface area contributed by atoms with Gasteiger partial charge < -0.3 is 16.6 Å². The highest BCUT2D eigenvalue weighted by Crippen LogP contribution is 2.36. The van der Waals surface area contributed by atoms with Crippen molar-refractivity contribution in [1.29, 1.82) is 0 Å². The summed E-state index contributed by atoms with van der Waals surface area (Å²) in [5.74, 6) is 5.90. The van der Waals surface area contributed by atoms with Crippen LogP contribution in [0.4, 0.5) is 0 Å². The molecule has 1 aliphatic heterocycles. The van der Waals surface area contributed by atoms with Crippen LogP contribution in [0.15, 0.2) is 58.7 Å². The van der Waals surface area contributed by atoms with Gasteiger partial charge in [0.2, 0.25) is 5.96 Å². The molecule has 7 heteroatoms. The number of esters is 1. The third-order valence-electron chi connectivity index (χ3n) is 4.10. The molecule has 0 aromatic heterocycles. The summed E-state index contributed by atoms with van der Waals surface area (Å²) in [7, 11) is 0. The van der Waals surface area contributed by atoms with Crippen LogP contribution in [0.3, 0.4) is 0 Å². The van der Waals surface area contributed by atoms with Gasteiger partial charge in [-0.05, 0) is 30.2 Å². The van der Waals surface area contributed by atoms with Gasteiger partial charge in [-0.15, -0.1) is 0 Å². The first-order chi connectivity index (χ1) is 12.5. The normalized spacial score (nSPS) is 16.1. The van der Waals surface area contributed by atoms with Gasteiger partial charge in [0.1, 0.15) is 6.04 Å². The maximum atomic E-state index is 12.5. The van der Waals surface area contributed by atoms with Crippen molar-refractivity contribution >= 4 is 22.7 Å². The monoisotopic (exact) mass is 371 g/mol. The van der Waals surface area contributed by atoms with Gasteiger partial charge in [0.25, 0.3) is 0 Å². The van der Waals surface area contributed by atoms with Gasteiger partial charge in [0.15, 0.2) is 0 Å². The molecule has 2 aromatic carbocycles. The van der Waals surface area contributed by atoms with E-state index in [9.17, 15) is 4.79 Å². The number of benzene rings is 2. The molecule has 0 bridgehead atoms. The quantitative estimate of drug-likeness (QED) is 0.560. The van der Waals surface area contributed by atoms with Gasteiger partial charge >= 0.3 is 5.97 Å². The average molecular weight is 371 g/mol. The van der Waals surface area contributed by atoms with Crippen LogP contribution in [-0.2, 0) is 9.53 Å². The highest BCUT2D eigenvalue weighted by molar-refractivity contribution is 5.97. The van der Waals surface area contributed by atoms with E-state index in [2.05, 4.69) is 4.99 Å². The summed E-state index contributed by atoms with van der Waals surface area (Å²) in [6.45, 7) is 7.78. The molecule has 146 valence electrons. The number of fused-ring (bicyclic) bond motifs is 1. The predicted molar refractivity (Wildman–Crippen MR) is 110 cm³/mol. The molecule has 2 aromatic rings. The maximum Gasteiger partial charge on any atom is 0.338 e. The zero-order chi connectivity index (χ0) is 19.3. The minimum Gasteiger partial charge on any atom is -0.463 e. The Balaban J connectivity index is 0.00000118. The van der Waals surface area contributed by atoms with E-state index in [1.807, 2.05) is 56.3 Å². The first-order valence-corrected chi connectivity index (χ1v) is 8.78. The number of nitrogens with two attached hydrogens (primary N) is 2. The third-order valence-corrected chi connectivity index (χ3v) is 4.10. The smallest absolute Gasteiger partial charge is 0.338 e. The van der Waals surface area contributed by atoms with Gasteiger partial charge in [-0.1, -0.05) is 56.3 Å². The number of hydrazine groups is 1. The number of allylic oxidation sites excluding steroid dienone is 1. The average Bonchev–Trinajstić information content (AvgIpc) is 2.66. The van der Waals surface area contributed by atoms with Crippen molar-refractivity contribution in [3.8, 4) is 0 Å². The van der Waals surface area contributed by atoms with Crippen LogP contribution in [0.5, 0.6) is 0 Å². The number of hydrogen-bond donors (Lipinski definition) is 3. The SMILES string of the molecule is CC.CCOC(=O)C1=C(C)N=C(N)N(N)C1c1cccc2ccccc12.N. The number of hydrogen-bond acceptors (Lipinski definition) is 7. The fourth-order valence-corrected chi connectivity index (χ4v) is 3.02. The van der Waals surface area contributed by atoms with Gasteiger partial charge in [-0.25, -0.2) is 15.6 Å². The summed E-state index contributed by atoms with van der Waals surface area (Å²) in [5, 5.41) is 3.39. The van der Waals surface area contributed by atoms with E-state index in [-0.39, 0.29) is 18.7 Å². The molecule has 0 fully saturated rings. The van der Waals surface area contributed by atoms with E-state index >= 15 is 0 Å². The lowest BCUT2D eigenvalue weighted by molar-refractivity contribution is -0.139. The molecule has 1 unspecified atom stereocenters. The Kier molecular flexibility index (Phi) is 7.96. The number of nitrogens with zero attached hydrogens (tertiary/aromatic N) is 2. The molecule has 0 spiro atoms. The fraction of sp³-hybridized carbons (Fsp3) is 0.300. The first kappa shape index (κ1) is 22.1. The number of ether oxygens (including phenoxy) is 1. The summed E-state index contributed by atoms with van der Waals surface area (Å²) < 4.78 is 5.21. The Labute approximate surface area is 160 Å². The zero-order valence-corrected chi connectivity index (χ0v) is 16.4. The molecule has 1 atom stereocenters.